The number of furan rings is 1. The van der Waals surface area contributed by atoms with Crippen molar-refractivity contribution in [2.24, 2.45) is 0 Å². The quantitative estimate of drug-likeness (QED) is 0.847. The number of fused-ring (bicyclic) bond motifs is 1. The van der Waals surface area contributed by atoms with Crippen LogP contribution in [0.25, 0.3) is 0 Å². The van der Waals surface area contributed by atoms with Crippen molar-refractivity contribution in [3.05, 3.63) is 35.9 Å². The number of halogens is 3. The van der Waals surface area contributed by atoms with E-state index in [0.29, 0.717) is 18.9 Å². The first-order valence-corrected chi connectivity index (χ1v) is 8.77. The van der Waals surface area contributed by atoms with Gasteiger partial charge in [0.2, 0.25) is 0 Å². The fourth-order valence-corrected chi connectivity index (χ4v) is 3.51. The lowest BCUT2D eigenvalue weighted by atomic mass is 10.0. The molecule has 1 saturated heterocycles. The first kappa shape index (κ1) is 17.9. The topological polar surface area (TPSA) is 81.3 Å². The van der Waals surface area contributed by atoms with Gasteiger partial charge in [-0.1, -0.05) is 0 Å². The van der Waals surface area contributed by atoms with Crippen molar-refractivity contribution < 1.29 is 27.1 Å². The Labute approximate surface area is 152 Å². The number of aromatic nitrogens is 2. The largest absolute Gasteiger partial charge is 0.467 e. The molecule has 7 nitrogen and oxygen atoms in total. The molecule has 0 spiro atoms. The Morgan fingerprint density at radius 1 is 1.44 bits per heavy atom. The molecule has 0 aliphatic carbocycles. The Morgan fingerprint density at radius 3 is 2.96 bits per heavy atom. The Kier molecular flexibility index (Phi) is 4.58. The maximum atomic E-state index is 13.6. The van der Waals surface area contributed by atoms with Gasteiger partial charge >= 0.3 is 6.18 Å². The van der Waals surface area contributed by atoms with Gasteiger partial charge in [0, 0.05) is 19.6 Å². The summed E-state index contributed by atoms with van der Waals surface area (Å²) in [7, 11) is 0. The second kappa shape index (κ2) is 6.91. The van der Waals surface area contributed by atoms with Crippen molar-refractivity contribution in [1.29, 1.82) is 0 Å². The molecule has 2 aliphatic heterocycles. The number of alkyl halides is 3. The van der Waals surface area contributed by atoms with Gasteiger partial charge in [0.25, 0.3) is 5.91 Å². The smallest absolute Gasteiger partial charge is 0.410 e. The van der Waals surface area contributed by atoms with Crippen molar-refractivity contribution in [2.45, 2.75) is 43.6 Å². The van der Waals surface area contributed by atoms with E-state index < -0.39 is 24.2 Å². The number of anilines is 1. The standard InChI is InChI=1S/C17H19F3N4O3/c18-17(19,20)14-7-12(13-4-2-6-27-13)23-15-11(9-22-24(14)15)16(25)21-8-10-3-1-5-26-10/h2,4,6,9-10,12,14,23H,1,3,5,7-8H2,(H,21,25)/t10-,12+,14-/m1/s1. The SMILES string of the molecule is O=C(NC[C@H]1CCCO1)c1cnn2c1N[C@H](c1ccco1)C[C@@H]2C(F)(F)F. The molecule has 0 aromatic carbocycles. The monoisotopic (exact) mass is 384 g/mol. The van der Waals surface area contributed by atoms with Crippen LogP contribution in [0.3, 0.4) is 0 Å². The molecule has 146 valence electrons. The molecule has 27 heavy (non-hydrogen) atoms. The fraction of sp³-hybridized carbons (Fsp3) is 0.529. The van der Waals surface area contributed by atoms with Crippen LogP contribution in [-0.2, 0) is 4.74 Å². The minimum Gasteiger partial charge on any atom is -0.467 e. The van der Waals surface area contributed by atoms with Crippen LogP contribution in [0, 0.1) is 0 Å². The molecular weight excluding hydrogens is 365 g/mol. The second-order valence-electron chi connectivity index (χ2n) is 6.70. The first-order valence-electron chi connectivity index (χ1n) is 8.77. The molecule has 2 aromatic rings. The van der Waals surface area contributed by atoms with Crippen LogP contribution in [-0.4, -0.2) is 41.1 Å². The summed E-state index contributed by atoms with van der Waals surface area (Å²) in [5.41, 5.74) is 0.0681. The summed E-state index contributed by atoms with van der Waals surface area (Å²) in [5.74, 6) is -0.0718. The minimum atomic E-state index is -4.50. The molecule has 4 heterocycles. The fourth-order valence-electron chi connectivity index (χ4n) is 3.51. The Bertz CT molecular complexity index is 797. The predicted octanol–water partition coefficient (Wildman–Crippen LogP) is 3.05. The molecule has 1 fully saturated rings. The van der Waals surface area contributed by atoms with Crippen molar-refractivity contribution in [3.8, 4) is 0 Å². The number of carbonyl (C=O) groups excluding carboxylic acids is 1. The average Bonchev–Trinajstić information content (AvgIpc) is 3.39. The van der Waals surface area contributed by atoms with E-state index in [2.05, 4.69) is 15.7 Å². The van der Waals surface area contributed by atoms with E-state index in [9.17, 15) is 18.0 Å². The van der Waals surface area contributed by atoms with E-state index in [1.807, 2.05) is 0 Å². The van der Waals surface area contributed by atoms with Crippen molar-refractivity contribution >= 4 is 11.7 Å². The molecule has 3 atom stereocenters. The summed E-state index contributed by atoms with van der Waals surface area (Å²) >= 11 is 0. The highest BCUT2D eigenvalue weighted by atomic mass is 19.4. The van der Waals surface area contributed by atoms with Crippen LogP contribution in [0.15, 0.2) is 29.0 Å². The number of nitrogens with one attached hydrogen (secondary N) is 2. The van der Waals surface area contributed by atoms with Gasteiger partial charge in [-0.2, -0.15) is 18.3 Å². The van der Waals surface area contributed by atoms with Crippen LogP contribution < -0.4 is 10.6 Å². The lowest BCUT2D eigenvalue weighted by Crippen LogP contribution is -2.37. The third-order valence-corrected chi connectivity index (χ3v) is 4.88. The van der Waals surface area contributed by atoms with Crippen LogP contribution in [0.5, 0.6) is 0 Å². The molecule has 0 unspecified atom stereocenters. The van der Waals surface area contributed by atoms with Crippen LogP contribution in [0.2, 0.25) is 0 Å². The molecular formula is C17H19F3N4O3. The normalized spacial score (nSPS) is 25.1. The Balaban J connectivity index is 1.59. The van der Waals surface area contributed by atoms with Crippen LogP contribution in [0.4, 0.5) is 19.0 Å². The third kappa shape index (κ3) is 3.53. The summed E-state index contributed by atoms with van der Waals surface area (Å²) in [6, 6.07) is 0.666. The first-order chi connectivity index (χ1) is 12.9. The predicted molar refractivity (Wildman–Crippen MR) is 88.3 cm³/mol. The van der Waals surface area contributed by atoms with E-state index in [-0.39, 0.29) is 23.9 Å². The molecule has 2 aromatic heterocycles. The zero-order chi connectivity index (χ0) is 19.0. The van der Waals surface area contributed by atoms with E-state index in [4.69, 9.17) is 9.15 Å². The molecule has 4 rings (SSSR count). The second-order valence-corrected chi connectivity index (χ2v) is 6.70. The highest BCUT2D eigenvalue weighted by Crippen LogP contribution is 2.44. The molecule has 1 amide bonds. The van der Waals surface area contributed by atoms with E-state index in [1.54, 1.807) is 12.1 Å². The van der Waals surface area contributed by atoms with E-state index >= 15 is 0 Å². The highest BCUT2D eigenvalue weighted by molar-refractivity contribution is 5.98. The van der Waals surface area contributed by atoms with Gasteiger partial charge in [-0.15, -0.1) is 0 Å². The molecule has 10 heteroatoms. The van der Waals surface area contributed by atoms with Crippen molar-refractivity contribution in [3.63, 3.8) is 0 Å². The van der Waals surface area contributed by atoms with Gasteiger partial charge in [-0.25, -0.2) is 4.68 Å². The molecule has 2 aliphatic rings. The number of rotatable bonds is 4. The van der Waals surface area contributed by atoms with Crippen molar-refractivity contribution in [2.75, 3.05) is 18.5 Å². The number of ether oxygens (including phenoxy) is 1. The van der Waals surface area contributed by atoms with Gasteiger partial charge in [0.15, 0.2) is 6.04 Å². The molecule has 0 saturated carbocycles. The molecule has 0 bridgehead atoms. The molecule has 0 radical (unpaired) electrons. The maximum Gasteiger partial charge on any atom is 0.410 e. The lowest BCUT2D eigenvalue weighted by molar-refractivity contribution is -0.174. The van der Waals surface area contributed by atoms with Gasteiger partial charge in [0.05, 0.1) is 24.6 Å². The Morgan fingerprint density at radius 2 is 2.30 bits per heavy atom. The summed E-state index contributed by atoms with van der Waals surface area (Å²) in [5, 5.41) is 9.52. The lowest BCUT2D eigenvalue weighted by Gasteiger charge is -2.32. The number of carbonyl (C=O) groups is 1. The number of hydrogen-bond acceptors (Lipinski definition) is 5. The minimum absolute atomic E-state index is 0.0369. The number of hydrogen-bond donors (Lipinski definition) is 2. The number of nitrogens with zero attached hydrogens (tertiary/aromatic N) is 2. The van der Waals surface area contributed by atoms with Gasteiger partial charge in [0.1, 0.15) is 17.1 Å². The van der Waals surface area contributed by atoms with E-state index in [0.717, 1.165) is 23.7 Å². The van der Waals surface area contributed by atoms with Gasteiger partial charge in [-0.3, -0.25) is 4.79 Å². The average molecular weight is 384 g/mol. The van der Waals surface area contributed by atoms with Crippen LogP contribution >= 0.6 is 0 Å². The van der Waals surface area contributed by atoms with Crippen molar-refractivity contribution in [1.82, 2.24) is 15.1 Å². The maximum absolute atomic E-state index is 13.6. The zero-order valence-electron chi connectivity index (χ0n) is 14.3. The summed E-state index contributed by atoms with van der Waals surface area (Å²) in [4.78, 5) is 12.5. The summed E-state index contributed by atoms with van der Waals surface area (Å²) < 4.78 is 52.2. The van der Waals surface area contributed by atoms with Gasteiger partial charge < -0.3 is 19.8 Å². The summed E-state index contributed by atoms with van der Waals surface area (Å²) in [6.45, 7) is 0.969. The Hall–Kier alpha value is -2.49. The highest BCUT2D eigenvalue weighted by Gasteiger charge is 2.47. The zero-order valence-corrected chi connectivity index (χ0v) is 14.3. The number of amides is 1. The summed E-state index contributed by atoms with van der Waals surface area (Å²) in [6.07, 6.45) is -0.490. The molecule has 2 N–H and O–H groups in total. The van der Waals surface area contributed by atoms with Gasteiger partial charge in [-0.05, 0) is 25.0 Å². The third-order valence-electron chi connectivity index (χ3n) is 4.88. The van der Waals surface area contributed by atoms with Crippen LogP contribution in [0.1, 0.15) is 47.5 Å². The van der Waals surface area contributed by atoms with E-state index in [1.165, 1.54) is 6.26 Å².